The van der Waals surface area contributed by atoms with E-state index in [1.165, 1.54) is 0 Å². The number of hydrogen-bond acceptors (Lipinski definition) is 3. The fourth-order valence-corrected chi connectivity index (χ4v) is 2.47. The lowest BCUT2D eigenvalue weighted by Crippen LogP contribution is -2.34. The summed E-state index contributed by atoms with van der Waals surface area (Å²) in [6.45, 7) is 6.03. The van der Waals surface area contributed by atoms with Gasteiger partial charge in [-0.25, -0.2) is 4.79 Å². The van der Waals surface area contributed by atoms with Crippen LogP contribution in [-0.2, 0) is 0 Å². The van der Waals surface area contributed by atoms with Crippen molar-refractivity contribution in [3.8, 4) is 5.75 Å². The van der Waals surface area contributed by atoms with Crippen LogP contribution < -0.4 is 9.64 Å². The summed E-state index contributed by atoms with van der Waals surface area (Å²) in [6, 6.07) is 5.31. The van der Waals surface area contributed by atoms with E-state index in [0.29, 0.717) is 12.4 Å². The molecule has 0 spiro atoms. The summed E-state index contributed by atoms with van der Waals surface area (Å²) in [7, 11) is 0. The van der Waals surface area contributed by atoms with Gasteiger partial charge in [-0.3, -0.25) is 0 Å². The zero-order valence-corrected chi connectivity index (χ0v) is 11.7. The third-order valence-corrected chi connectivity index (χ3v) is 3.51. The number of hydrogen-bond donors (Lipinski definition) is 1. The van der Waals surface area contributed by atoms with Crippen LogP contribution in [0.3, 0.4) is 0 Å². The maximum absolute atomic E-state index is 11.2. The van der Waals surface area contributed by atoms with Crippen LogP contribution in [0.5, 0.6) is 5.75 Å². The van der Waals surface area contributed by atoms with Crippen LogP contribution in [0.4, 0.5) is 5.69 Å². The predicted octanol–water partition coefficient (Wildman–Crippen LogP) is 3.33. The molecule has 1 N–H and O–H groups in total. The Labute approximate surface area is 119 Å². The van der Waals surface area contributed by atoms with Crippen molar-refractivity contribution in [1.82, 2.24) is 0 Å². The molecule has 0 radical (unpaired) electrons. The SMILES string of the molecule is C=CCCCCCN1CCOc2c(C(=O)O)cccc21. The number of benzene rings is 1. The molecule has 0 saturated carbocycles. The first-order valence-electron chi connectivity index (χ1n) is 7.09. The quantitative estimate of drug-likeness (QED) is 0.612. The van der Waals surface area contributed by atoms with Gasteiger partial charge in [0.25, 0.3) is 0 Å². The van der Waals surface area contributed by atoms with Gasteiger partial charge in [0.2, 0.25) is 0 Å². The maximum atomic E-state index is 11.2. The van der Waals surface area contributed by atoms with E-state index in [9.17, 15) is 9.90 Å². The van der Waals surface area contributed by atoms with Gasteiger partial charge in [0.15, 0.2) is 5.75 Å². The summed E-state index contributed by atoms with van der Waals surface area (Å²) >= 11 is 0. The van der Waals surface area contributed by atoms with Gasteiger partial charge in [0, 0.05) is 6.54 Å². The molecule has 20 heavy (non-hydrogen) atoms. The van der Waals surface area contributed by atoms with Crippen LogP contribution in [0.2, 0.25) is 0 Å². The summed E-state index contributed by atoms with van der Waals surface area (Å²) in [4.78, 5) is 13.4. The van der Waals surface area contributed by atoms with Gasteiger partial charge in [0.1, 0.15) is 12.2 Å². The lowest BCUT2D eigenvalue weighted by molar-refractivity contribution is 0.0692. The van der Waals surface area contributed by atoms with Crippen molar-refractivity contribution >= 4 is 11.7 Å². The number of nitrogens with zero attached hydrogens (tertiary/aromatic N) is 1. The molecule has 0 saturated heterocycles. The van der Waals surface area contributed by atoms with Crippen LogP contribution in [0.15, 0.2) is 30.9 Å². The van der Waals surface area contributed by atoms with Crippen molar-refractivity contribution in [2.75, 3.05) is 24.6 Å². The molecule has 1 aliphatic rings. The molecule has 0 atom stereocenters. The Morgan fingerprint density at radius 2 is 2.25 bits per heavy atom. The predicted molar refractivity (Wildman–Crippen MR) is 79.8 cm³/mol. The number of carbonyl (C=O) groups is 1. The minimum absolute atomic E-state index is 0.249. The molecule has 0 aromatic heterocycles. The van der Waals surface area contributed by atoms with Crippen LogP contribution in [-0.4, -0.2) is 30.8 Å². The Morgan fingerprint density at radius 3 is 3.00 bits per heavy atom. The fraction of sp³-hybridized carbons (Fsp3) is 0.438. The molecular formula is C16H21NO3. The van der Waals surface area contributed by atoms with Crippen molar-refractivity contribution < 1.29 is 14.6 Å². The third-order valence-electron chi connectivity index (χ3n) is 3.51. The van der Waals surface area contributed by atoms with Crippen LogP contribution >= 0.6 is 0 Å². The van der Waals surface area contributed by atoms with E-state index < -0.39 is 5.97 Å². The monoisotopic (exact) mass is 275 g/mol. The first kappa shape index (κ1) is 14.4. The number of para-hydroxylation sites is 1. The second kappa shape index (κ2) is 6.98. The standard InChI is InChI=1S/C16H21NO3/c1-2-3-4-5-6-10-17-11-12-20-15-13(16(18)19)8-7-9-14(15)17/h2,7-9H,1,3-6,10-12H2,(H,18,19). The van der Waals surface area contributed by atoms with Gasteiger partial charge in [-0.05, 0) is 31.4 Å². The number of anilines is 1. The van der Waals surface area contributed by atoms with Gasteiger partial charge in [-0.1, -0.05) is 18.6 Å². The van der Waals surface area contributed by atoms with E-state index in [1.807, 2.05) is 12.1 Å². The zero-order valence-electron chi connectivity index (χ0n) is 11.7. The molecular weight excluding hydrogens is 254 g/mol. The minimum atomic E-state index is -0.935. The number of fused-ring (bicyclic) bond motifs is 1. The van der Waals surface area contributed by atoms with E-state index in [4.69, 9.17) is 4.74 Å². The molecule has 1 aliphatic heterocycles. The fourth-order valence-electron chi connectivity index (χ4n) is 2.47. The van der Waals surface area contributed by atoms with Gasteiger partial charge >= 0.3 is 5.97 Å². The van der Waals surface area contributed by atoms with E-state index in [1.54, 1.807) is 12.1 Å². The zero-order chi connectivity index (χ0) is 14.4. The first-order valence-corrected chi connectivity index (χ1v) is 7.09. The van der Waals surface area contributed by atoms with Crippen molar-refractivity contribution in [3.63, 3.8) is 0 Å². The summed E-state index contributed by atoms with van der Waals surface area (Å²) < 4.78 is 5.56. The molecule has 0 unspecified atom stereocenters. The normalized spacial score (nSPS) is 13.5. The molecule has 4 nitrogen and oxygen atoms in total. The van der Waals surface area contributed by atoms with Crippen molar-refractivity contribution in [2.24, 2.45) is 0 Å². The third kappa shape index (κ3) is 3.32. The van der Waals surface area contributed by atoms with Gasteiger partial charge in [-0.2, -0.15) is 0 Å². The number of carboxylic acids is 1. The largest absolute Gasteiger partial charge is 0.489 e. The molecule has 0 amide bonds. The number of unbranched alkanes of at least 4 members (excludes halogenated alkanes) is 3. The maximum Gasteiger partial charge on any atom is 0.339 e. The second-order valence-electron chi connectivity index (χ2n) is 4.93. The Kier molecular flexibility index (Phi) is 5.04. The average Bonchev–Trinajstić information content (AvgIpc) is 2.46. The number of aromatic carboxylic acids is 1. The second-order valence-corrected chi connectivity index (χ2v) is 4.93. The Bertz CT molecular complexity index is 485. The van der Waals surface area contributed by atoms with E-state index >= 15 is 0 Å². The number of ether oxygens (including phenoxy) is 1. The molecule has 0 fully saturated rings. The smallest absolute Gasteiger partial charge is 0.339 e. The molecule has 0 aliphatic carbocycles. The molecule has 1 aromatic rings. The summed E-state index contributed by atoms with van der Waals surface area (Å²) in [5, 5.41) is 9.19. The van der Waals surface area contributed by atoms with Crippen LogP contribution in [0.25, 0.3) is 0 Å². The Morgan fingerprint density at radius 1 is 1.40 bits per heavy atom. The lowest BCUT2D eigenvalue weighted by atomic mass is 10.1. The number of carboxylic acid groups (broad SMARTS) is 1. The Balaban J connectivity index is 2.03. The number of allylic oxidation sites excluding steroid dienone is 1. The van der Waals surface area contributed by atoms with Gasteiger partial charge < -0.3 is 14.7 Å². The molecule has 0 bridgehead atoms. The van der Waals surface area contributed by atoms with E-state index in [0.717, 1.165) is 44.5 Å². The summed E-state index contributed by atoms with van der Waals surface area (Å²) in [6.07, 6.45) is 6.43. The Hall–Kier alpha value is -1.97. The van der Waals surface area contributed by atoms with E-state index in [-0.39, 0.29) is 5.56 Å². The minimum Gasteiger partial charge on any atom is -0.489 e. The molecule has 108 valence electrons. The highest BCUT2D eigenvalue weighted by Crippen LogP contribution is 2.35. The highest BCUT2D eigenvalue weighted by Gasteiger charge is 2.23. The topological polar surface area (TPSA) is 49.8 Å². The van der Waals surface area contributed by atoms with E-state index in [2.05, 4.69) is 11.5 Å². The van der Waals surface area contributed by atoms with Gasteiger partial charge in [-0.15, -0.1) is 6.58 Å². The molecule has 4 heteroatoms. The van der Waals surface area contributed by atoms with Crippen LogP contribution in [0.1, 0.15) is 36.0 Å². The first-order chi connectivity index (χ1) is 9.74. The average molecular weight is 275 g/mol. The highest BCUT2D eigenvalue weighted by atomic mass is 16.5. The summed E-state index contributed by atoms with van der Waals surface area (Å²) in [5.74, 6) is -0.424. The number of rotatable bonds is 7. The molecule has 1 heterocycles. The molecule has 2 rings (SSSR count). The van der Waals surface area contributed by atoms with Crippen molar-refractivity contribution in [3.05, 3.63) is 36.4 Å². The van der Waals surface area contributed by atoms with Crippen molar-refractivity contribution in [2.45, 2.75) is 25.7 Å². The summed E-state index contributed by atoms with van der Waals surface area (Å²) in [5.41, 5.74) is 1.15. The van der Waals surface area contributed by atoms with Gasteiger partial charge in [0.05, 0.1) is 12.2 Å². The molecule has 1 aromatic carbocycles. The van der Waals surface area contributed by atoms with Crippen molar-refractivity contribution in [1.29, 1.82) is 0 Å². The lowest BCUT2D eigenvalue weighted by Gasteiger charge is -2.32. The van der Waals surface area contributed by atoms with Crippen LogP contribution in [0, 0.1) is 0 Å². The highest BCUT2D eigenvalue weighted by molar-refractivity contribution is 5.93.